The smallest absolute Gasteiger partial charge is 0.354 e. The van der Waals surface area contributed by atoms with E-state index in [0.29, 0.717) is 11.5 Å². The minimum Gasteiger partial charge on any atom is -0.496 e. The Morgan fingerprint density at radius 2 is 1.80 bits per heavy atom. The Bertz CT molecular complexity index is 681. The SMILES string of the molecule is COc1cc(C)c(-c2cc(C(=O)O)nc(C)n2)cc1C. The third kappa shape index (κ3) is 2.61. The number of carboxylic acids is 1. The first-order valence-electron chi connectivity index (χ1n) is 6.17. The molecular formula is C15H16N2O3. The molecule has 0 aliphatic carbocycles. The molecule has 0 saturated heterocycles. The lowest BCUT2D eigenvalue weighted by Crippen LogP contribution is -2.04. The van der Waals surface area contributed by atoms with Crippen molar-refractivity contribution < 1.29 is 14.6 Å². The third-order valence-electron chi connectivity index (χ3n) is 3.07. The van der Waals surface area contributed by atoms with Gasteiger partial charge in [-0.05, 0) is 50.1 Å². The number of methoxy groups -OCH3 is 1. The fourth-order valence-corrected chi connectivity index (χ4v) is 2.10. The van der Waals surface area contributed by atoms with Crippen molar-refractivity contribution in [3.05, 3.63) is 40.8 Å². The molecule has 1 aromatic carbocycles. The highest BCUT2D eigenvalue weighted by atomic mass is 16.5. The van der Waals surface area contributed by atoms with Crippen LogP contribution in [0.15, 0.2) is 18.2 Å². The number of carbonyl (C=O) groups is 1. The van der Waals surface area contributed by atoms with Gasteiger partial charge in [0.05, 0.1) is 12.8 Å². The second-order valence-electron chi connectivity index (χ2n) is 4.63. The van der Waals surface area contributed by atoms with E-state index in [1.807, 2.05) is 26.0 Å². The molecule has 0 amide bonds. The molecule has 1 N–H and O–H groups in total. The summed E-state index contributed by atoms with van der Waals surface area (Å²) in [5.41, 5.74) is 3.44. The molecule has 0 spiro atoms. The Hall–Kier alpha value is -2.43. The first kappa shape index (κ1) is 14.0. The van der Waals surface area contributed by atoms with Crippen molar-refractivity contribution in [3.8, 4) is 17.0 Å². The summed E-state index contributed by atoms with van der Waals surface area (Å²) in [6, 6.07) is 5.35. The number of rotatable bonds is 3. The van der Waals surface area contributed by atoms with E-state index >= 15 is 0 Å². The zero-order valence-electron chi connectivity index (χ0n) is 11.9. The van der Waals surface area contributed by atoms with E-state index in [1.54, 1.807) is 14.0 Å². The molecule has 0 radical (unpaired) electrons. The molecule has 0 unspecified atom stereocenters. The van der Waals surface area contributed by atoms with Gasteiger partial charge in [-0.15, -0.1) is 0 Å². The average molecular weight is 272 g/mol. The molecule has 5 heteroatoms. The van der Waals surface area contributed by atoms with E-state index in [-0.39, 0.29) is 5.69 Å². The molecular weight excluding hydrogens is 256 g/mol. The van der Waals surface area contributed by atoms with Crippen molar-refractivity contribution >= 4 is 5.97 Å². The number of aromatic carboxylic acids is 1. The summed E-state index contributed by atoms with van der Waals surface area (Å²) >= 11 is 0. The Morgan fingerprint density at radius 3 is 2.40 bits per heavy atom. The fraction of sp³-hybridized carbons (Fsp3) is 0.267. The van der Waals surface area contributed by atoms with Crippen LogP contribution in [0, 0.1) is 20.8 Å². The highest BCUT2D eigenvalue weighted by Gasteiger charge is 2.13. The largest absolute Gasteiger partial charge is 0.496 e. The Labute approximate surface area is 117 Å². The maximum atomic E-state index is 11.1. The second-order valence-corrected chi connectivity index (χ2v) is 4.63. The minimum atomic E-state index is -1.06. The number of carboxylic acid groups (broad SMARTS) is 1. The number of hydrogen-bond donors (Lipinski definition) is 1. The lowest BCUT2D eigenvalue weighted by atomic mass is 10.0. The van der Waals surface area contributed by atoms with Gasteiger partial charge in [0.15, 0.2) is 5.69 Å². The third-order valence-corrected chi connectivity index (χ3v) is 3.07. The predicted octanol–water partition coefficient (Wildman–Crippen LogP) is 2.78. The van der Waals surface area contributed by atoms with Gasteiger partial charge in [-0.2, -0.15) is 0 Å². The molecule has 0 atom stereocenters. The van der Waals surface area contributed by atoms with Gasteiger partial charge in [-0.3, -0.25) is 0 Å². The maximum absolute atomic E-state index is 11.1. The molecule has 2 aromatic rings. The number of nitrogens with zero attached hydrogens (tertiary/aromatic N) is 2. The molecule has 0 aliphatic heterocycles. The Balaban J connectivity index is 2.62. The van der Waals surface area contributed by atoms with Gasteiger partial charge in [0, 0.05) is 5.56 Å². The number of benzene rings is 1. The first-order valence-corrected chi connectivity index (χ1v) is 6.17. The summed E-state index contributed by atoms with van der Waals surface area (Å²) in [4.78, 5) is 19.3. The highest BCUT2D eigenvalue weighted by Crippen LogP contribution is 2.29. The molecule has 0 aliphatic rings. The van der Waals surface area contributed by atoms with Crippen LogP contribution in [-0.4, -0.2) is 28.2 Å². The summed E-state index contributed by atoms with van der Waals surface area (Å²) in [6.07, 6.45) is 0. The van der Waals surface area contributed by atoms with Crippen LogP contribution in [-0.2, 0) is 0 Å². The summed E-state index contributed by atoms with van der Waals surface area (Å²) in [5.74, 6) is 0.183. The summed E-state index contributed by atoms with van der Waals surface area (Å²) in [5, 5.41) is 9.08. The van der Waals surface area contributed by atoms with E-state index in [2.05, 4.69) is 9.97 Å². The summed E-state index contributed by atoms with van der Waals surface area (Å²) in [7, 11) is 1.62. The topological polar surface area (TPSA) is 72.3 Å². The average Bonchev–Trinajstić information content (AvgIpc) is 2.40. The molecule has 104 valence electrons. The number of hydrogen-bond acceptors (Lipinski definition) is 4. The van der Waals surface area contributed by atoms with E-state index in [9.17, 15) is 4.79 Å². The van der Waals surface area contributed by atoms with Gasteiger partial charge in [-0.25, -0.2) is 14.8 Å². The molecule has 5 nitrogen and oxygen atoms in total. The van der Waals surface area contributed by atoms with Gasteiger partial charge < -0.3 is 9.84 Å². The highest BCUT2D eigenvalue weighted by molar-refractivity contribution is 5.87. The van der Waals surface area contributed by atoms with E-state index in [4.69, 9.17) is 9.84 Å². The summed E-state index contributed by atoms with van der Waals surface area (Å²) < 4.78 is 5.28. The molecule has 1 heterocycles. The molecule has 20 heavy (non-hydrogen) atoms. The lowest BCUT2D eigenvalue weighted by molar-refractivity contribution is 0.0690. The Morgan fingerprint density at radius 1 is 1.10 bits per heavy atom. The van der Waals surface area contributed by atoms with Gasteiger partial charge in [0.25, 0.3) is 0 Å². The standard InChI is InChI=1S/C15H16N2O3/c1-8-6-14(20-4)9(2)5-11(8)12-7-13(15(18)19)17-10(3)16-12/h5-7H,1-4H3,(H,18,19). The monoisotopic (exact) mass is 272 g/mol. The van der Waals surface area contributed by atoms with Crippen LogP contribution in [0.25, 0.3) is 11.3 Å². The fourth-order valence-electron chi connectivity index (χ4n) is 2.10. The van der Waals surface area contributed by atoms with Crippen molar-refractivity contribution in [1.82, 2.24) is 9.97 Å². The van der Waals surface area contributed by atoms with Crippen LogP contribution in [0.2, 0.25) is 0 Å². The second kappa shape index (κ2) is 5.28. The van der Waals surface area contributed by atoms with Gasteiger partial charge >= 0.3 is 5.97 Å². The van der Waals surface area contributed by atoms with Crippen LogP contribution < -0.4 is 4.74 Å². The first-order chi connectivity index (χ1) is 9.42. The van der Waals surface area contributed by atoms with Gasteiger partial charge in [0.2, 0.25) is 0 Å². The quantitative estimate of drug-likeness (QED) is 0.930. The van der Waals surface area contributed by atoms with Crippen molar-refractivity contribution in [2.45, 2.75) is 20.8 Å². The van der Waals surface area contributed by atoms with Crippen molar-refractivity contribution in [2.24, 2.45) is 0 Å². The number of ether oxygens (including phenoxy) is 1. The number of aryl methyl sites for hydroxylation is 3. The zero-order chi connectivity index (χ0) is 14.9. The van der Waals surface area contributed by atoms with Crippen molar-refractivity contribution in [3.63, 3.8) is 0 Å². The van der Waals surface area contributed by atoms with Crippen LogP contribution in [0.5, 0.6) is 5.75 Å². The molecule has 2 rings (SSSR count). The summed E-state index contributed by atoms with van der Waals surface area (Å²) in [6.45, 7) is 5.56. The van der Waals surface area contributed by atoms with Crippen LogP contribution in [0.3, 0.4) is 0 Å². The van der Waals surface area contributed by atoms with E-state index in [0.717, 1.165) is 22.4 Å². The van der Waals surface area contributed by atoms with Gasteiger partial charge in [0.1, 0.15) is 11.6 Å². The maximum Gasteiger partial charge on any atom is 0.354 e. The lowest BCUT2D eigenvalue weighted by Gasteiger charge is -2.11. The Kier molecular flexibility index (Phi) is 3.70. The predicted molar refractivity (Wildman–Crippen MR) is 75.2 cm³/mol. The molecule has 1 aromatic heterocycles. The normalized spacial score (nSPS) is 10.4. The van der Waals surface area contributed by atoms with Gasteiger partial charge in [-0.1, -0.05) is 0 Å². The van der Waals surface area contributed by atoms with Crippen LogP contribution in [0.1, 0.15) is 27.4 Å². The van der Waals surface area contributed by atoms with Crippen molar-refractivity contribution in [2.75, 3.05) is 7.11 Å². The molecule has 0 bridgehead atoms. The zero-order valence-corrected chi connectivity index (χ0v) is 11.9. The minimum absolute atomic E-state index is 0.000344. The molecule has 0 saturated carbocycles. The van der Waals surface area contributed by atoms with Crippen LogP contribution in [0.4, 0.5) is 0 Å². The van der Waals surface area contributed by atoms with E-state index < -0.39 is 5.97 Å². The van der Waals surface area contributed by atoms with Crippen LogP contribution >= 0.6 is 0 Å². The molecule has 0 fully saturated rings. The van der Waals surface area contributed by atoms with Crippen molar-refractivity contribution in [1.29, 1.82) is 0 Å². The number of aromatic nitrogens is 2. The van der Waals surface area contributed by atoms with E-state index in [1.165, 1.54) is 6.07 Å².